The van der Waals surface area contributed by atoms with Gasteiger partial charge >= 0.3 is 12.0 Å². The van der Waals surface area contributed by atoms with Gasteiger partial charge in [-0.1, -0.05) is 13.3 Å². The Labute approximate surface area is 113 Å². The van der Waals surface area contributed by atoms with Crippen LogP contribution in [-0.2, 0) is 9.53 Å². The fourth-order valence-corrected chi connectivity index (χ4v) is 2.58. The number of carboxylic acids is 1. The van der Waals surface area contributed by atoms with Gasteiger partial charge in [0.25, 0.3) is 0 Å². The zero-order valence-corrected chi connectivity index (χ0v) is 11.4. The van der Waals surface area contributed by atoms with Gasteiger partial charge in [-0.3, -0.25) is 0 Å². The van der Waals surface area contributed by atoms with Crippen LogP contribution in [0.25, 0.3) is 0 Å². The zero-order chi connectivity index (χ0) is 13.9. The molecule has 1 heterocycles. The lowest BCUT2D eigenvalue weighted by atomic mass is 10.0. The minimum absolute atomic E-state index is 0.127. The van der Waals surface area contributed by atoms with Crippen LogP contribution >= 0.6 is 0 Å². The molecule has 108 valence electrons. The van der Waals surface area contributed by atoms with E-state index in [1.807, 2.05) is 0 Å². The maximum atomic E-state index is 12.0. The first-order valence-corrected chi connectivity index (χ1v) is 6.93. The SMILES string of the molecule is CCCC1(CNC(=O)N2CCOC(C(=O)O)C2)CC1. The fourth-order valence-electron chi connectivity index (χ4n) is 2.58. The van der Waals surface area contributed by atoms with Gasteiger partial charge in [-0.2, -0.15) is 0 Å². The number of nitrogens with zero attached hydrogens (tertiary/aromatic N) is 1. The molecule has 0 aromatic heterocycles. The number of nitrogens with one attached hydrogen (secondary N) is 1. The lowest BCUT2D eigenvalue weighted by Gasteiger charge is -2.31. The molecule has 6 nitrogen and oxygen atoms in total. The summed E-state index contributed by atoms with van der Waals surface area (Å²) in [4.78, 5) is 24.4. The van der Waals surface area contributed by atoms with Crippen LogP contribution in [0, 0.1) is 5.41 Å². The number of hydrogen-bond donors (Lipinski definition) is 2. The van der Waals surface area contributed by atoms with Crippen LogP contribution in [0.2, 0.25) is 0 Å². The fraction of sp³-hybridized carbons (Fsp3) is 0.846. The molecule has 0 bridgehead atoms. The van der Waals surface area contributed by atoms with E-state index in [0.717, 1.165) is 12.8 Å². The molecule has 6 heteroatoms. The van der Waals surface area contributed by atoms with Crippen LogP contribution in [0.15, 0.2) is 0 Å². The molecule has 1 saturated heterocycles. The Kier molecular flexibility index (Phi) is 4.29. The van der Waals surface area contributed by atoms with Crippen LogP contribution in [0.1, 0.15) is 32.6 Å². The number of carbonyl (C=O) groups is 2. The van der Waals surface area contributed by atoms with E-state index in [9.17, 15) is 9.59 Å². The number of rotatable bonds is 5. The Bertz CT molecular complexity index is 355. The Balaban J connectivity index is 1.78. The summed E-state index contributed by atoms with van der Waals surface area (Å²) in [6, 6.07) is -0.170. The van der Waals surface area contributed by atoms with E-state index >= 15 is 0 Å². The van der Waals surface area contributed by atoms with Gasteiger partial charge in [0.05, 0.1) is 13.2 Å². The second kappa shape index (κ2) is 5.77. The van der Waals surface area contributed by atoms with E-state index in [1.54, 1.807) is 0 Å². The Hall–Kier alpha value is -1.30. The Morgan fingerprint density at radius 1 is 1.47 bits per heavy atom. The third kappa shape index (κ3) is 3.59. The largest absolute Gasteiger partial charge is 0.479 e. The van der Waals surface area contributed by atoms with Gasteiger partial charge in [-0.05, 0) is 24.7 Å². The van der Waals surface area contributed by atoms with E-state index in [2.05, 4.69) is 12.2 Å². The number of aliphatic carboxylic acids is 1. The van der Waals surface area contributed by atoms with Gasteiger partial charge < -0.3 is 20.1 Å². The second-order valence-electron chi connectivity index (χ2n) is 5.55. The summed E-state index contributed by atoms with van der Waals surface area (Å²) in [7, 11) is 0. The van der Waals surface area contributed by atoms with Crippen molar-refractivity contribution in [3.63, 3.8) is 0 Å². The summed E-state index contributed by atoms with van der Waals surface area (Å²) in [5.41, 5.74) is 0.308. The first-order valence-electron chi connectivity index (χ1n) is 6.93. The molecule has 2 amide bonds. The van der Waals surface area contributed by atoms with Crippen molar-refractivity contribution in [2.75, 3.05) is 26.2 Å². The van der Waals surface area contributed by atoms with E-state index in [-0.39, 0.29) is 19.2 Å². The maximum Gasteiger partial charge on any atom is 0.334 e. The highest BCUT2D eigenvalue weighted by Gasteiger charge is 2.42. The molecule has 0 spiro atoms. The number of urea groups is 1. The highest BCUT2D eigenvalue weighted by molar-refractivity contribution is 5.77. The lowest BCUT2D eigenvalue weighted by Crippen LogP contribution is -2.52. The second-order valence-corrected chi connectivity index (χ2v) is 5.55. The number of amides is 2. The molecule has 2 aliphatic rings. The highest BCUT2D eigenvalue weighted by atomic mass is 16.5. The van der Waals surface area contributed by atoms with Crippen molar-refractivity contribution in [2.45, 2.75) is 38.7 Å². The van der Waals surface area contributed by atoms with Crippen molar-refractivity contribution in [1.29, 1.82) is 0 Å². The zero-order valence-electron chi connectivity index (χ0n) is 11.4. The summed E-state index contributed by atoms with van der Waals surface area (Å²) in [5.74, 6) is -1.01. The summed E-state index contributed by atoms with van der Waals surface area (Å²) in [6.45, 7) is 3.72. The van der Waals surface area contributed by atoms with Crippen LogP contribution in [0.5, 0.6) is 0 Å². The molecule has 1 atom stereocenters. The Morgan fingerprint density at radius 3 is 2.79 bits per heavy atom. The molecule has 1 saturated carbocycles. The molecule has 0 radical (unpaired) electrons. The Morgan fingerprint density at radius 2 is 2.21 bits per heavy atom. The standard InChI is InChI=1S/C13H22N2O4/c1-2-3-13(4-5-13)9-14-12(18)15-6-7-19-10(8-15)11(16)17/h10H,2-9H2,1H3,(H,14,18)(H,16,17). The smallest absolute Gasteiger partial charge is 0.334 e. The number of carboxylic acid groups (broad SMARTS) is 1. The van der Waals surface area contributed by atoms with Crippen molar-refractivity contribution in [3.8, 4) is 0 Å². The summed E-state index contributed by atoms with van der Waals surface area (Å²) in [5, 5.41) is 11.8. The van der Waals surface area contributed by atoms with Crippen LogP contribution < -0.4 is 5.32 Å². The molecule has 2 fully saturated rings. The molecule has 0 aromatic carbocycles. The molecule has 19 heavy (non-hydrogen) atoms. The average molecular weight is 270 g/mol. The molecule has 0 aromatic rings. The lowest BCUT2D eigenvalue weighted by molar-refractivity contribution is -0.154. The van der Waals surface area contributed by atoms with Crippen molar-refractivity contribution < 1.29 is 19.4 Å². The minimum atomic E-state index is -1.01. The van der Waals surface area contributed by atoms with Gasteiger partial charge in [0.2, 0.25) is 0 Å². The normalized spacial score (nSPS) is 24.9. The molecular weight excluding hydrogens is 248 g/mol. The third-order valence-electron chi connectivity index (χ3n) is 3.98. The van der Waals surface area contributed by atoms with E-state index in [0.29, 0.717) is 18.5 Å². The molecule has 1 unspecified atom stereocenters. The van der Waals surface area contributed by atoms with E-state index in [1.165, 1.54) is 17.7 Å². The van der Waals surface area contributed by atoms with Crippen molar-refractivity contribution >= 4 is 12.0 Å². The number of carbonyl (C=O) groups excluding carboxylic acids is 1. The van der Waals surface area contributed by atoms with E-state index < -0.39 is 12.1 Å². The van der Waals surface area contributed by atoms with E-state index in [4.69, 9.17) is 9.84 Å². The number of ether oxygens (including phenoxy) is 1. The molecule has 2 N–H and O–H groups in total. The summed E-state index contributed by atoms with van der Waals surface area (Å²) >= 11 is 0. The molecular formula is C13H22N2O4. The van der Waals surface area contributed by atoms with Gasteiger partial charge in [0.1, 0.15) is 0 Å². The quantitative estimate of drug-likeness (QED) is 0.783. The van der Waals surface area contributed by atoms with Crippen LogP contribution in [0.3, 0.4) is 0 Å². The predicted molar refractivity (Wildman–Crippen MR) is 68.9 cm³/mol. The summed E-state index contributed by atoms with van der Waals surface area (Å²) < 4.78 is 5.09. The number of morpholine rings is 1. The van der Waals surface area contributed by atoms with Gasteiger partial charge in [0, 0.05) is 13.1 Å². The molecule has 2 rings (SSSR count). The van der Waals surface area contributed by atoms with Gasteiger partial charge in [-0.25, -0.2) is 9.59 Å². The number of hydrogen-bond acceptors (Lipinski definition) is 3. The topological polar surface area (TPSA) is 78.9 Å². The highest BCUT2D eigenvalue weighted by Crippen LogP contribution is 2.48. The van der Waals surface area contributed by atoms with Crippen molar-refractivity contribution in [3.05, 3.63) is 0 Å². The van der Waals surface area contributed by atoms with Gasteiger partial charge in [0.15, 0.2) is 6.10 Å². The average Bonchev–Trinajstić information content (AvgIpc) is 3.17. The monoisotopic (exact) mass is 270 g/mol. The predicted octanol–water partition coefficient (Wildman–Crippen LogP) is 1.06. The molecule has 1 aliphatic carbocycles. The third-order valence-corrected chi connectivity index (χ3v) is 3.98. The first-order chi connectivity index (χ1) is 9.06. The first kappa shape index (κ1) is 14.1. The maximum absolute atomic E-state index is 12.0. The van der Waals surface area contributed by atoms with Crippen molar-refractivity contribution in [2.24, 2.45) is 5.41 Å². The van der Waals surface area contributed by atoms with Crippen LogP contribution in [-0.4, -0.2) is 54.4 Å². The van der Waals surface area contributed by atoms with Gasteiger partial charge in [-0.15, -0.1) is 0 Å². The van der Waals surface area contributed by atoms with Crippen LogP contribution in [0.4, 0.5) is 4.79 Å². The van der Waals surface area contributed by atoms with Crippen molar-refractivity contribution in [1.82, 2.24) is 10.2 Å². The minimum Gasteiger partial charge on any atom is -0.479 e. The molecule has 1 aliphatic heterocycles. The summed E-state index contributed by atoms with van der Waals surface area (Å²) in [6.07, 6.45) is 3.75.